The number of hydrogen-bond acceptors (Lipinski definition) is 12. The molecule has 1 amide bonds. The molecule has 0 saturated carbocycles. The van der Waals surface area contributed by atoms with Crippen LogP contribution in [0.1, 0.15) is 23.8 Å². The molecule has 164 valence electrons. The van der Waals surface area contributed by atoms with Crippen LogP contribution in [0.15, 0.2) is 44.1 Å². The molecule has 13 nitrogen and oxygen atoms in total. The van der Waals surface area contributed by atoms with Gasteiger partial charge in [-0.15, -0.1) is 10.2 Å². The number of hydrogen-bond donors (Lipinski definition) is 3. The lowest BCUT2D eigenvalue weighted by Crippen LogP contribution is -2.38. The first-order valence-corrected chi connectivity index (χ1v) is 10.0. The van der Waals surface area contributed by atoms with Crippen molar-refractivity contribution in [3.05, 3.63) is 47.5 Å². The fourth-order valence-corrected chi connectivity index (χ4v) is 3.72. The minimum Gasteiger partial charge on any atom is -0.448 e. The summed E-state index contributed by atoms with van der Waals surface area (Å²) in [5.41, 5.74) is 15.4. The minimum atomic E-state index is -0.199. The second-order valence-corrected chi connectivity index (χ2v) is 7.59. The van der Waals surface area contributed by atoms with Crippen LogP contribution in [-0.4, -0.2) is 55.1 Å². The second-order valence-electron chi connectivity index (χ2n) is 7.59. The molecule has 1 aliphatic carbocycles. The second kappa shape index (κ2) is 8.17. The van der Waals surface area contributed by atoms with Crippen molar-refractivity contribution in [1.29, 1.82) is 5.53 Å². The van der Waals surface area contributed by atoms with Gasteiger partial charge in [0.15, 0.2) is 6.39 Å². The maximum atomic E-state index is 12.5. The average Bonchev–Trinajstić information content (AvgIpc) is 3.51. The average molecular weight is 436 g/mol. The summed E-state index contributed by atoms with van der Waals surface area (Å²) in [5.74, 6) is 1.59. The first-order valence-electron chi connectivity index (χ1n) is 10.0. The standard InChI is InChI=1S/C19H20N10O3/c20-12-1-2-29(8-14(12)26-21)17(30)5-16-27-28-18(32-16)10-6-22-19(23-7-10)25-11-3-13-15(4-11)31-9-24-13/h6-7,9,11,21H,1-5,8,20H2,(H,22,23,25). The van der Waals surface area contributed by atoms with Crippen molar-refractivity contribution in [2.75, 3.05) is 18.4 Å². The first-order chi connectivity index (χ1) is 15.6. The van der Waals surface area contributed by atoms with Crippen molar-refractivity contribution < 1.29 is 13.6 Å². The highest BCUT2D eigenvalue weighted by atomic mass is 16.4. The van der Waals surface area contributed by atoms with Gasteiger partial charge in [-0.2, -0.15) is 5.11 Å². The summed E-state index contributed by atoms with van der Waals surface area (Å²) in [4.78, 5) is 26.9. The van der Waals surface area contributed by atoms with Gasteiger partial charge in [0.2, 0.25) is 17.7 Å². The third-order valence-electron chi connectivity index (χ3n) is 5.45. The minimum absolute atomic E-state index is 0.0530. The van der Waals surface area contributed by atoms with Gasteiger partial charge in [0, 0.05) is 49.9 Å². The molecule has 13 heteroatoms. The van der Waals surface area contributed by atoms with E-state index in [4.69, 9.17) is 20.1 Å². The fraction of sp³-hybridized carbons (Fsp3) is 0.368. The Morgan fingerprint density at radius 1 is 1.28 bits per heavy atom. The van der Waals surface area contributed by atoms with Crippen LogP contribution >= 0.6 is 0 Å². The van der Waals surface area contributed by atoms with Gasteiger partial charge in [0.25, 0.3) is 5.89 Å². The van der Waals surface area contributed by atoms with Gasteiger partial charge < -0.3 is 24.8 Å². The molecule has 0 spiro atoms. The van der Waals surface area contributed by atoms with Crippen LogP contribution in [0.3, 0.4) is 0 Å². The monoisotopic (exact) mass is 436 g/mol. The Morgan fingerprint density at radius 3 is 2.91 bits per heavy atom. The van der Waals surface area contributed by atoms with Crippen molar-refractivity contribution in [2.45, 2.75) is 31.7 Å². The highest BCUT2D eigenvalue weighted by Gasteiger charge is 2.26. The molecule has 1 aliphatic heterocycles. The molecule has 1 unspecified atom stereocenters. The van der Waals surface area contributed by atoms with Crippen LogP contribution in [0.4, 0.5) is 5.95 Å². The molecule has 3 aromatic rings. The molecular weight excluding hydrogens is 416 g/mol. The van der Waals surface area contributed by atoms with Crippen LogP contribution in [0.5, 0.6) is 0 Å². The zero-order chi connectivity index (χ0) is 22.1. The fourth-order valence-electron chi connectivity index (χ4n) is 3.72. The van der Waals surface area contributed by atoms with E-state index in [1.165, 1.54) is 6.39 Å². The van der Waals surface area contributed by atoms with E-state index in [-0.39, 0.29) is 36.7 Å². The Hall–Kier alpha value is -4.16. The smallest absolute Gasteiger partial charge is 0.250 e. The van der Waals surface area contributed by atoms with Crippen LogP contribution < -0.4 is 11.1 Å². The molecule has 0 fully saturated rings. The lowest BCUT2D eigenvalue weighted by molar-refractivity contribution is -0.130. The predicted molar refractivity (Wildman–Crippen MR) is 108 cm³/mol. The lowest BCUT2D eigenvalue weighted by Gasteiger charge is -2.26. The maximum Gasteiger partial charge on any atom is 0.250 e. The summed E-state index contributed by atoms with van der Waals surface area (Å²) < 4.78 is 11.0. The SMILES string of the molecule is N=NC1=C(N)CCN(C(=O)Cc2nnc(-c3cnc(NC4Cc5ncoc5C4)nc3)o2)C1. The summed E-state index contributed by atoms with van der Waals surface area (Å²) >= 11 is 0. The third-order valence-corrected chi connectivity index (χ3v) is 5.45. The third kappa shape index (κ3) is 3.91. The van der Waals surface area contributed by atoms with Gasteiger partial charge in [-0.25, -0.2) is 20.5 Å². The molecule has 3 aromatic heterocycles. The lowest BCUT2D eigenvalue weighted by atomic mass is 10.1. The van der Waals surface area contributed by atoms with E-state index in [9.17, 15) is 4.79 Å². The predicted octanol–water partition coefficient (Wildman–Crippen LogP) is 1.07. The number of aromatic nitrogens is 5. The van der Waals surface area contributed by atoms with E-state index in [0.717, 1.165) is 24.3 Å². The molecule has 0 radical (unpaired) electrons. The first kappa shape index (κ1) is 19.8. The van der Waals surface area contributed by atoms with E-state index < -0.39 is 0 Å². The Morgan fingerprint density at radius 2 is 2.12 bits per heavy atom. The Kier molecular flexibility index (Phi) is 5.05. The molecular formula is C19H20N10O3. The van der Waals surface area contributed by atoms with E-state index in [0.29, 0.717) is 35.9 Å². The molecule has 0 saturated heterocycles. The van der Waals surface area contributed by atoms with Crippen LogP contribution in [0.25, 0.3) is 11.5 Å². The molecule has 1 atom stereocenters. The number of amides is 1. The van der Waals surface area contributed by atoms with Crippen LogP contribution in [0.2, 0.25) is 0 Å². The molecule has 4 heterocycles. The molecule has 4 N–H and O–H groups in total. The van der Waals surface area contributed by atoms with E-state index >= 15 is 0 Å². The largest absolute Gasteiger partial charge is 0.448 e. The summed E-state index contributed by atoms with van der Waals surface area (Å²) in [6, 6.07) is 0.132. The summed E-state index contributed by atoms with van der Waals surface area (Å²) in [6.07, 6.45) is 6.55. The van der Waals surface area contributed by atoms with Gasteiger partial charge in [-0.3, -0.25) is 4.79 Å². The molecule has 2 aliphatic rings. The van der Waals surface area contributed by atoms with Crippen molar-refractivity contribution in [3.63, 3.8) is 0 Å². The molecule has 0 bridgehead atoms. The highest BCUT2D eigenvalue weighted by Crippen LogP contribution is 2.23. The summed E-state index contributed by atoms with van der Waals surface area (Å²) in [6.45, 7) is 0.667. The Labute approximate surface area is 181 Å². The van der Waals surface area contributed by atoms with Gasteiger partial charge in [0.05, 0.1) is 17.8 Å². The Balaban J connectivity index is 1.19. The van der Waals surface area contributed by atoms with Gasteiger partial charge in [-0.1, -0.05) is 0 Å². The van der Waals surface area contributed by atoms with E-state index in [1.807, 2.05) is 0 Å². The number of nitrogens with one attached hydrogen (secondary N) is 2. The van der Waals surface area contributed by atoms with Gasteiger partial charge in [0.1, 0.15) is 17.9 Å². The highest BCUT2D eigenvalue weighted by molar-refractivity contribution is 5.78. The van der Waals surface area contributed by atoms with Crippen LogP contribution in [-0.2, 0) is 24.1 Å². The van der Waals surface area contributed by atoms with Crippen LogP contribution in [0, 0.1) is 5.53 Å². The summed E-state index contributed by atoms with van der Waals surface area (Å²) in [5, 5.41) is 14.6. The van der Waals surface area contributed by atoms with E-state index in [2.05, 4.69) is 35.6 Å². The van der Waals surface area contributed by atoms with Crippen molar-refractivity contribution >= 4 is 11.9 Å². The van der Waals surface area contributed by atoms with Crippen molar-refractivity contribution in [3.8, 4) is 11.5 Å². The van der Waals surface area contributed by atoms with Gasteiger partial charge >= 0.3 is 0 Å². The number of oxazole rings is 1. The number of fused-ring (bicyclic) bond motifs is 1. The normalized spacial score (nSPS) is 18.0. The zero-order valence-corrected chi connectivity index (χ0v) is 17.0. The van der Waals surface area contributed by atoms with Gasteiger partial charge in [-0.05, 0) is 0 Å². The number of nitrogens with zero attached hydrogens (tertiary/aromatic N) is 7. The van der Waals surface area contributed by atoms with E-state index in [1.54, 1.807) is 17.3 Å². The number of rotatable bonds is 6. The topological polar surface area (TPSA) is 185 Å². The van der Waals surface area contributed by atoms with Crippen molar-refractivity contribution in [2.24, 2.45) is 10.8 Å². The quantitative estimate of drug-likeness (QED) is 0.472. The molecule has 5 rings (SSSR count). The number of anilines is 1. The molecule has 0 aromatic carbocycles. The molecule has 32 heavy (non-hydrogen) atoms. The van der Waals surface area contributed by atoms with Crippen molar-refractivity contribution in [1.82, 2.24) is 30.0 Å². The number of nitrogens with two attached hydrogens (primary N) is 1. The number of carbonyl (C=O) groups excluding carboxylic acids is 1. The summed E-state index contributed by atoms with van der Waals surface area (Å²) in [7, 11) is 0. The number of carbonyl (C=O) groups is 1. The zero-order valence-electron chi connectivity index (χ0n) is 17.0. The Bertz CT molecular complexity index is 1160. The maximum absolute atomic E-state index is 12.5.